The minimum absolute atomic E-state index is 0.550. The van der Waals surface area contributed by atoms with Crippen LogP contribution in [0.3, 0.4) is 0 Å². The lowest BCUT2D eigenvalue weighted by atomic mass is 9.77. The van der Waals surface area contributed by atoms with Gasteiger partial charge in [-0.25, -0.2) is 0 Å². The molecule has 0 aliphatic heterocycles. The van der Waals surface area contributed by atoms with Gasteiger partial charge >= 0.3 is 0 Å². The Balaban J connectivity index is 2.66. The number of oxime groups is 1. The van der Waals surface area contributed by atoms with Crippen molar-refractivity contribution in [1.82, 2.24) is 0 Å². The van der Waals surface area contributed by atoms with Crippen LogP contribution in [0.4, 0.5) is 0 Å². The minimum Gasteiger partial charge on any atom is -0.411 e. The summed E-state index contributed by atoms with van der Waals surface area (Å²) in [6, 6.07) is 0. The molecule has 0 radical (unpaired) electrons. The molecule has 2 nitrogen and oxygen atoms in total. The molecule has 2 heteroatoms. The molecule has 1 fully saturated rings. The second kappa shape index (κ2) is 4.48. The van der Waals surface area contributed by atoms with Crippen molar-refractivity contribution in [1.29, 1.82) is 0 Å². The fourth-order valence-corrected chi connectivity index (χ4v) is 2.23. The van der Waals surface area contributed by atoms with E-state index in [1.165, 1.54) is 19.3 Å². The van der Waals surface area contributed by atoms with Gasteiger partial charge in [0, 0.05) is 11.8 Å². The lowest BCUT2D eigenvalue weighted by molar-refractivity contribution is 0.298. The van der Waals surface area contributed by atoms with Gasteiger partial charge in [-0.1, -0.05) is 25.4 Å². The first-order valence-corrected chi connectivity index (χ1v) is 5.05. The van der Waals surface area contributed by atoms with E-state index in [1.807, 2.05) is 0 Å². The van der Waals surface area contributed by atoms with Gasteiger partial charge < -0.3 is 5.21 Å². The number of hydrogen-bond donors (Lipinski definition) is 1. The molecule has 1 aliphatic carbocycles. The molecule has 0 spiro atoms. The average Bonchev–Trinajstić information content (AvgIpc) is 2.16. The average molecular weight is 169 g/mol. The molecule has 0 aromatic heterocycles. The Labute approximate surface area is 74.7 Å². The molecule has 70 valence electrons. The predicted molar refractivity (Wildman–Crippen MR) is 50.6 cm³/mol. The van der Waals surface area contributed by atoms with Crippen LogP contribution >= 0.6 is 0 Å². The third kappa shape index (κ3) is 1.79. The Kier molecular flexibility index (Phi) is 3.57. The highest BCUT2D eigenvalue weighted by atomic mass is 16.4. The molecular weight excluding hydrogens is 150 g/mol. The van der Waals surface area contributed by atoms with E-state index in [0.717, 1.165) is 18.6 Å². The smallest absolute Gasteiger partial charge is 0.0632 e. The third-order valence-corrected chi connectivity index (χ3v) is 3.04. The maximum absolute atomic E-state index is 8.88. The summed E-state index contributed by atoms with van der Waals surface area (Å²) in [6.07, 6.45) is 5.97. The molecule has 2 atom stereocenters. The topological polar surface area (TPSA) is 32.6 Å². The van der Waals surface area contributed by atoms with Crippen molar-refractivity contribution in [2.45, 2.75) is 46.0 Å². The molecule has 0 aromatic carbocycles. The van der Waals surface area contributed by atoms with Crippen LogP contribution in [-0.2, 0) is 0 Å². The predicted octanol–water partition coefficient (Wildman–Crippen LogP) is 3.05. The number of nitrogens with zero attached hydrogens (tertiary/aromatic N) is 1. The highest BCUT2D eigenvalue weighted by Gasteiger charge is 2.26. The van der Waals surface area contributed by atoms with Crippen molar-refractivity contribution in [3.05, 3.63) is 0 Å². The molecule has 12 heavy (non-hydrogen) atoms. The first-order chi connectivity index (χ1) is 5.83. The van der Waals surface area contributed by atoms with Crippen LogP contribution in [0.1, 0.15) is 46.0 Å². The van der Waals surface area contributed by atoms with Gasteiger partial charge in [0.25, 0.3) is 0 Å². The van der Waals surface area contributed by atoms with Crippen molar-refractivity contribution in [2.75, 3.05) is 0 Å². The maximum atomic E-state index is 8.88. The van der Waals surface area contributed by atoms with E-state index in [-0.39, 0.29) is 0 Å². The fourth-order valence-electron chi connectivity index (χ4n) is 2.23. The fraction of sp³-hybridized carbons (Fsp3) is 0.900. The lowest BCUT2D eigenvalue weighted by Gasteiger charge is -2.28. The number of rotatable bonds is 2. The van der Waals surface area contributed by atoms with Crippen LogP contribution in [0.5, 0.6) is 0 Å². The van der Waals surface area contributed by atoms with E-state index >= 15 is 0 Å². The lowest BCUT2D eigenvalue weighted by Crippen LogP contribution is -2.27. The van der Waals surface area contributed by atoms with Crippen LogP contribution < -0.4 is 0 Å². The molecule has 1 aliphatic rings. The second-order valence-electron chi connectivity index (χ2n) is 3.67. The normalized spacial score (nSPS) is 30.3. The molecule has 0 saturated heterocycles. The SMILES string of the molecule is CCC1CCCC(CC)C1=NO. The van der Waals surface area contributed by atoms with Crippen LogP contribution in [-0.4, -0.2) is 10.9 Å². The molecule has 1 rings (SSSR count). The largest absolute Gasteiger partial charge is 0.411 e. The standard InChI is InChI=1S/C10H19NO/c1-3-8-6-5-7-9(4-2)10(8)11-12/h8-9,12H,3-7H2,1-2H3. The maximum Gasteiger partial charge on any atom is 0.0632 e. The Morgan fingerprint density at radius 3 is 2.08 bits per heavy atom. The van der Waals surface area contributed by atoms with Crippen molar-refractivity contribution in [3.63, 3.8) is 0 Å². The van der Waals surface area contributed by atoms with E-state index < -0.39 is 0 Å². The summed E-state index contributed by atoms with van der Waals surface area (Å²) in [5.74, 6) is 1.10. The molecule has 0 amide bonds. The first kappa shape index (κ1) is 9.56. The van der Waals surface area contributed by atoms with E-state index in [0.29, 0.717) is 11.8 Å². The van der Waals surface area contributed by atoms with Gasteiger partial charge in [0.2, 0.25) is 0 Å². The zero-order valence-electron chi connectivity index (χ0n) is 8.08. The third-order valence-electron chi connectivity index (χ3n) is 3.04. The van der Waals surface area contributed by atoms with Crippen LogP contribution in [0.15, 0.2) is 5.16 Å². The Morgan fingerprint density at radius 1 is 1.25 bits per heavy atom. The van der Waals surface area contributed by atoms with Crippen LogP contribution in [0.2, 0.25) is 0 Å². The summed E-state index contributed by atoms with van der Waals surface area (Å²) in [5, 5.41) is 12.4. The van der Waals surface area contributed by atoms with Gasteiger partial charge in [0.05, 0.1) is 5.71 Å². The van der Waals surface area contributed by atoms with Crippen LogP contribution in [0, 0.1) is 11.8 Å². The zero-order valence-corrected chi connectivity index (χ0v) is 8.08. The molecule has 1 N–H and O–H groups in total. The van der Waals surface area contributed by atoms with Gasteiger partial charge in [0.15, 0.2) is 0 Å². The Hall–Kier alpha value is -0.530. The summed E-state index contributed by atoms with van der Waals surface area (Å²) in [5.41, 5.74) is 1.06. The quantitative estimate of drug-likeness (QED) is 0.500. The monoisotopic (exact) mass is 169 g/mol. The van der Waals surface area contributed by atoms with Gasteiger partial charge in [0.1, 0.15) is 0 Å². The summed E-state index contributed by atoms with van der Waals surface area (Å²) in [6.45, 7) is 4.35. The summed E-state index contributed by atoms with van der Waals surface area (Å²) in [7, 11) is 0. The van der Waals surface area contributed by atoms with E-state index in [9.17, 15) is 0 Å². The Morgan fingerprint density at radius 2 is 1.75 bits per heavy atom. The minimum atomic E-state index is 0.550. The van der Waals surface area contributed by atoms with Gasteiger partial charge in [-0.15, -0.1) is 0 Å². The van der Waals surface area contributed by atoms with Gasteiger partial charge in [-0.05, 0) is 25.7 Å². The van der Waals surface area contributed by atoms with Crippen molar-refractivity contribution in [3.8, 4) is 0 Å². The summed E-state index contributed by atoms with van der Waals surface area (Å²) >= 11 is 0. The van der Waals surface area contributed by atoms with E-state index in [4.69, 9.17) is 5.21 Å². The van der Waals surface area contributed by atoms with Crippen molar-refractivity contribution in [2.24, 2.45) is 17.0 Å². The molecule has 1 saturated carbocycles. The van der Waals surface area contributed by atoms with Gasteiger partial charge in [-0.2, -0.15) is 0 Å². The highest BCUT2D eigenvalue weighted by molar-refractivity contribution is 5.89. The molecule has 2 unspecified atom stereocenters. The van der Waals surface area contributed by atoms with Crippen LogP contribution in [0.25, 0.3) is 0 Å². The van der Waals surface area contributed by atoms with Gasteiger partial charge in [-0.3, -0.25) is 0 Å². The summed E-state index contributed by atoms with van der Waals surface area (Å²) in [4.78, 5) is 0. The number of hydrogen-bond acceptors (Lipinski definition) is 2. The molecule has 0 aromatic rings. The molecule has 0 heterocycles. The molecule has 0 bridgehead atoms. The van der Waals surface area contributed by atoms with E-state index in [1.54, 1.807) is 0 Å². The summed E-state index contributed by atoms with van der Waals surface area (Å²) < 4.78 is 0. The first-order valence-electron chi connectivity index (χ1n) is 5.05. The highest BCUT2D eigenvalue weighted by Crippen LogP contribution is 2.30. The van der Waals surface area contributed by atoms with Crippen molar-refractivity contribution >= 4 is 5.71 Å². The van der Waals surface area contributed by atoms with Crippen molar-refractivity contribution < 1.29 is 5.21 Å². The second-order valence-corrected chi connectivity index (χ2v) is 3.67. The molecular formula is C10H19NO. The van der Waals surface area contributed by atoms with E-state index in [2.05, 4.69) is 19.0 Å². The Bertz CT molecular complexity index is 151. The zero-order chi connectivity index (χ0) is 8.97.